The third-order valence-corrected chi connectivity index (χ3v) is 3.63. The lowest BCUT2D eigenvalue weighted by Gasteiger charge is -2.17. The van der Waals surface area contributed by atoms with Gasteiger partial charge in [0.05, 0.1) is 0 Å². The first-order chi connectivity index (χ1) is 7.77. The van der Waals surface area contributed by atoms with E-state index in [1.54, 1.807) is 0 Å². The Balaban J connectivity index is 2.66. The van der Waals surface area contributed by atoms with Gasteiger partial charge < -0.3 is 0 Å². The van der Waals surface area contributed by atoms with Crippen LogP contribution in [0.5, 0.6) is 0 Å². The molecule has 0 aliphatic heterocycles. The van der Waals surface area contributed by atoms with E-state index in [0.717, 1.165) is 5.92 Å². The van der Waals surface area contributed by atoms with Crippen LogP contribution >= 0.6 is 15.9 Å². The molecule has 0 radical (unpaired) electrons. The number of benzene rings is 1. The van der Waals surface area contributed by atoms with Gasteiger partial charge in [0.1, 0.15) is 0 Å². The highest BCUT2D eigenvalue weighted by Crippen LogP contribution is 2.29. The molecule has 0 N–H and O–H groups in total. The van der Waals surface area contributed by atoms with Crippen LogP contribution in [0.25, 0.3) is 0 Å². The smallest absolute Gasteiger partial charge is 0.0178 e. The van der Waals surface area contributed by atoms with Gasteiger partial charge in [-0.05, 0) is 36.5 Å². The highest BCUT2D eigenvalue weighted by atomic mass is 79.9. The van der Waals surface area contributed by atoms with Crippen molar-refractivity contribution in [3.8, 4) is 0 Å². The predicted molar refractivity (Wildman–Crippen MR) is 75.9 cm³/mol. The Morgan fingerprint density at radius 3 is 2.19 bits per heavy atom. The lowest BCUT2D eigenvalue weighted by molar-refractivity contribution is 0.525. The van der Waals surface area contributed by atoms with Gasteiger partial charge in [-0.25, -0.2) is 0 Å². The van der Waals surface area contributed by atoms with Gasteiger partial charge in [-0.3, -0.25) is 0 Å². The number of hydrogen-bond acceptors (Lipinski definition) is 0. The molecule has 0 aliphatic rings. The summed E-state index contributed by atoms with van der Waals surface area (Å²) in [5.74, 6) is 0.761. The summed E-state index contributed by atoms with van der Waals surface area (Å²) in [5.41, 5.74) is 1.51. The van der Waals surface area contributed by atoms with Crippen LogP contribution in [0.3, 0.4) is 0 Å². The van der Waals surface area contributed by atoms with Crippen molar-refractivity contribution in [2.24, 2.45) is 0 Å². The van der Waals surface area contributed by atoms with Crippen molar-refractivity contribution in [2.75, 3.05) is 0 Å². The van der Waals surface area contributed by atoms with Gasteiger partial charge >= 0.3 is 0 Å². The highest BCUT2D eigenvalue weighted by Gasteiger charge is 2.10. The topological polar surface area (TPSA) is 0 Å². The second-order valence-electron chi connectivity index (χ2n) is 4.54. The molecule has 1 aromatic carbocycles. The molecule has 16 heavy (non-hydrogen) atoms. The first-order valence-corrected chi connectivity index (χ1v) is 7.32. The second-order valence-corrected chi connectivity index (χ2v) is 5.45. The maximum absolute atomic E-state index is 3.57. The van der Waals surface area contributed by atoms with Crippen molar-refractivity contribution >= 4 is 15.9 Å². The summed E-state index contributed by atoms with van der Waals surface area (Å²) in [4.78, 5) is 0. The van der Waals surface area contributed by atoms with Crippen molar-refractivity contribution < 1.29 is 0 Å². The molecule has 0 aromatic heterocycles. The fourth-order valence-electron chi connectivity index (χ4n) is 2.14. The van der Waals surface area contributed by atoms with Gasteiger partial charge in [0.25, 0.3) is 0 Å². The molecule has 0 saturated heterocycles. The molecule has 1 rings (SSSR count). The summed E-state index contributed by atoms with van der Waals surface area (Å²) < 4.78 is 1.21. The fraction of sp³-hybridized carbons (Fsp3) is 0.600. The maximum atomic E-state index is 3.57. The summed E-state index contributed by atoms with van der Waals surface area (Å²) in [6.07, 6.45) is 7.98. The molecule has 1 aromatic rings. The minimum Gasteiger partial charge on any atom is -0.0654 e. The molecule has 0 saturated carbocycles. The molecule has 0 atom stereocenters. The predicted octanol–water partition coefficient (Wildman–Crippen LogP) is 5.91. The molecular weight excluding hydrogens is 260 g/mol. The van der Waals surface area contributed by atoms with Gasteiger partial charge in [0, 0.05) is 4.47 Å². The van der Waals surface area contributed by atoms with Crippen molar-refractivity contribution in [3.63, 3.8) is 0 Å². The minimum absolute atomic E-state index is 0.761. The van der Waals surface area contributed by atoms with Crippen LogP contribution in [0.2, 0.25) is 0 Å². The van der Waals surface area contributed by atoms with E-state index in [1.807, 2.05) is 0 Å². The van der Waals surface area contributed by atoms with E-state index in [0.29, 0.717) is 0 Å². The van der Waals surface area contributed by atoms with Gasteiger partial charge in [0.2, 0.25) is 0 Å². The first kappa shape index (κ1) is 13.8. The van der Waals surface area contributed by atoms with Crippen LogP contribution in [0.1, 0.15) is 63.9 Å². The molecule has 0 nitrogen and oxygen atoms in total. The summed E-state index contributed by atoms with van der Waals surface area (Å²) in [7, 11) is 0. The SMILES string of the molecule is CCCCC(CCCC)c1cccc(Br)c1. The average Bonchev–Trinajstić information content (AvgIpc) is 2.29. The van der Waals surface area contributed by atoms with Gasteiger partial charge in [-0.1, -0.05) is 67.6 Å². The molecule has 0 spiro atoms. The van der Waals surface area contributed by atoms with Crippen LogP contribution in [-0.4, -0.2) is 0 Å². The molecule has 90 valence electrons. The van der Waals surface area contributed by atoms with Crippen LogP contribution in [0.15, 0.2) is 28.7 Å². The Kier molecular flexibility index (Phi) is 6.79. The molecule has 0 amide bonds. The number of hydrogen-bond donors (Lipinski definition) is 0. The number of rotatable bonds is 7. The van der Waals surface area contributed by atoms with Crippen molar-refractivity contribution in [1.29, 1.82) is 0 Å². The Hall–Kier alpha value is -0.300. The normalized spacial score (nSPS) is 11.0. The molecule has 0 unspecified atom stereocenters. The zero-order valence-corrected chi connectivity index (χ0v) is 12.1. The van der Waals surface area contributed by atoms with E-state index in [-0.39, 0.29) is 0 Å². The minimum atomic E-state index is 0.761. The molecular formula is C15H23Br. The molecule has 0 fully saturated rings. The quantitative estimate of drug-likeness (QED) is 0.583. The van der Waals surface area contributed by atoms with E-state index >= 15 is 0 Å². The van der Waals surface area contributed by atoms with Gasteiger partial charge in [-0.2, -0.15) is 0 Å². The van der Waals surface area contributed by atoms with Crippen LogP contribution in [0, 0.1) is 0 Å². The Labute approximate surface area is 109 Å². The van der Waals surface area contributed by atoms with Crippen molar-refractivity contribution in [3.05, 3.63) is 34.3 Å². The van der Waals surface area contributed by atoms with Crippen LogP contribution < -0.4 is 0 Å². The van der Waals surface area contributed by atoms with Crippen molar-refractivity contribution in [1.82, 2.24) is 0 Å². The lowest BCUT2D eigenvalue weighted by Crippen LogP contribution is -1.99. The zero-order chi connectivity index (χ0) is 11.8. The fourth-order valence-corrected chi connectivity index (χ4v) is 2.56. The van der Waals surface area contributed by atoms with E-state index in [9.17, 15) is 0 Å². The van der Waals surface area contributed by atoms with E-state index in [1.165, 1.54) is 48.6 Å². The Bertz CT molecular complexity index is 285. The number of halogens is 1. The summed E-state index contributed by atoms with van der Waals surface area (Å²) in [6.45, 7) is 4.55. The number of unbranched alkanes of at least 4 members (excludes halogenated alkanes) is 2. The maximum Gasteiger partial charge on any atom is 0.0178 e. The van der Waals surface area contributed by atoms with E-state index in [4.69, 9.17) is 0 Å². The van der Waals surface area contributed by atoms with E-state index < -0.39 is 0 Å². The summed E-state index contributed by atoms with van der Waals surface area (Å²) in [6, 6.07) is 8.83. The van der Waals surface area contributed by atoms with Crippen LogP contribution in [-0.2, 0) is 0 Å². The highest BCUT2D eigenvalue weighted by molar-refractivity contribution is 9.10. The Morgan fingerprint density at radius 2 is 1.69 bits per heavy atom. The first-order valence-electron chi connectivity index (χ1n) is 6.53. The average molecular weight is 283 g/mol. The zero-order valence-electron chi connectivity index (χ0n) is 10.5. The van der Waals surface area contributed by atoms with Gasteiger partial charge in [-0.15, -0.1) is 0 Å². The molecule has 0 aliphatic carbocycles. The molecule has 1 heteroatoms. The molecule has 0 bridgehead atoms. The monoisotopic (exact) mass is 282 g/mol. The van der Waals surface area contributed by atoms with Gasteiger partial charge in [0.15, 0.2) is 0 Å². The lowest BCUT2D eigenvalue weighted by atomic mass is 9.89. The summed E-state index contributed by atoms with van der Waals surface area (Å²) in [5, 5.41) is 0. The Morgan fingerprint density at radius 1 is 1.06 bits per heavy atom. The molecule has 0 heterocycles. The largest absolute Gasteiger partial charge is 0.0654 e. The summed E-state index contributed by atoms with van der Waals surface area (Å²) >= 11 is 3.57. The third-order valence-electron chi connectivity index (χ3n) is 3.13. The van der Waals surface area contributed by atoms with Crippen molar-refractivity contribution in [2.45, 2.75) is 58.3 Å². The standard InChI is InChI=1S/C15H23Br/c1-3-5-8-13(9-6-4-2)14-10-7-11-15(16)12-14/h7,10-13H,3-6,8-9H2,1-2H3. The second kappa shape index (κ2) is 7.89. The van der Waals surface area contributed by atoms with E-state index in [2.05, 4.69) is 54.0 Å². The van der Waals surface area contributed by atoms with Crippen LogP contribution in [0.4, 0.5) is 0 Å². The third kappa shape index (κ3) is 4.69.